The molecule has 0 saturated carbocycles. The summed E-state index contributed by atoms with van der Waals surface area (Å²) in [6, 6.07) is 0. The molecule has 0 amide bonds. The monoisotopic (exact) mass is 172 g/mol. The Labute approximate surface area is 73.7 Å². The largest absolute Gasteiger partial charge is 0.322 e. The van der Waals surface area contributed by atoms with Gasteiger partial charge in [-0.05, 0) is 19.3 Å². The van der Waals surface area contributed by atoms with Crippen LogP contribution in [0.25, 0.3) is 0 Å². The van der Waals surface area contributed by atoms with Crippen molar-refractivity contribution in [3.63, 3.8) is 0 Å². The minimum absolute atomic E-state index is 1.42. The minimum Gasteiger partial charge on any atom is -0.322 e. The van der Waals surface area contributed by atoms with Gasteiger partial charge in [0.1, 0.15) is 0 Å². The first kappa shape index (κ1) is 7.93. The molecule has 2 saturated heterocycles. The lowest BCUT2D eigenvalue weighted by atomic mass is 10.1. The standard InChI is InChI=1S/C9H18NS/c1-2-4-10(5-3-1)6-8-11-9-7-10/h1-9H2/q+1. The average Bonchev–Trinajstić information content (AvgIpc) is 2.07. The van der Waals surface area contributed by atoms with Gasteiger partial charge in [-0.25, -0.2) is 0 Å². The molecule has 0 aliphatic carbocycles. The normalized spacial score (nSPS) is 30.5. The lowest BCUT2D eigenvalue weighted by Crippen LogP contribution is -2.55. The van der Waals surface area contributed by atoms with Crippen molar-refractivity contribution >= 4 is 11.8 Å². The molecule has 0 aromatic carbocycles. The van der Waals surface area contributed by atoms with Crippen LogP contribution in [0.3, 0.4) is 0 Å². The van der Waals surface area contributed by atoms with Gasteiger partial charge in [-0.15, -0.1) is 0 Å². The topological polar surface area (TPSA) is 0 Å². The Kier molecular flexibility index (Phi) is 2.42. The molecule has 2 fully saturated rings. The summed E-state index contributed by atoms with van der Waals surface area (Å²) in [4.78, 5) is 0. The van der Waals surface area contributed by atoms with Crippen LogP contribution in [-0.2, 0) is 0 Å². The molecule has 0 unspecified atom stereocenters. The zero-order valence-electron chi connectivity index (χ0n) is 7.22. The van der Waals surface area contributed by atoms with Crippen LogP contribution in [0.2, 0.25) is 0 Å². The Morgan fingerprint density at radius 2 is 1.36 bits per heavy atom. The number of piperidine rings is 1. The summed E-state index contributed by atoms with van der Waals surface area (Å²) in [5.74, 6) is 2.83. The van der Waals surface area contributed by atoms with E-state index in [0.29, 0.717) is 0 Å². The van der Waals surface area contributed by atoms with Gasteiger partial charge >= 0.3 is 0 Å². The van der Waals surface area contributed by atoms with Crippen molar-refractivity contribution < 1.29 is 4.48 Å². The van der Waals surface area contributed by atoms with E-state index in [2.05, 4.69) is 11.8 Å². The van der Waals surface area contributed by atoms with E-state index in [4.69, 9.17) is 0 Å². The number of hydrogen-bond donors (Lipinski definition) is 0. The van der Waals surface area contributed by atoms with Crippen molar-refractivity contribution in [2.75, 3.05) is 37.7 Å². The molecule has 0 aromatic heterocycles. The Morgan fingerprint density at radius 3 is 2.00 bits per heavy atom. The maximum absolute atomic E-state index is 2.15. The SMILES string of the molecule is C1CC[N+]2(CC1)CCSCC2. The molecule has 1 spiro atoms. The van der Waals surface area contributed by atoms with E-state index >= 15 is 0 Å². The van der Waals surface area contributed by atoms with Gasteiger partial charge in [-0.2, -0.15) is 11.8 Å². The van der Waals surface area contributed by atoms with Crippen LogP contribution >= 0.6 is 11.8 Å². The number of rotatable bonds is 0. The highest BCUT2D eigenvalue weighted by molar-refractivity contribution is 7.99. The lowest BCUT2D eigenvalue weighted by molar-refractivity contribution is -0.929. The van der Waals surface area contributed by atoms with Gasteiger partial charge in [0.25, 0.3) is 0 Å². The number of thioether (sulfide) groups is 1. The second kappa shape index (κ2) is 3.36. The van der Waals surface area contributed by atoms with Crippen molar-refractivity contribution in [2.45, 2.75) is 19.3 Å². The molecule has 2 rings (SSSR count). The van der Waals surface area contributed by atoms with Gasteiger partial charge in [0.15, 0.2) is 0 Å². The first-order valence-electron chi connectivity index (χ1n) is 4.84. The summed E-state index contributed by atoms with van der Waals surface area (Å²) < 4.78 is 1.48. The smallest absolute Gasteiger partial charge is 0.0878 e. The van der Waals surface area contributed by atoms with Crippen LogP contribution < -0.4 is 0 Å². The Balaban J connectivity index is 1.94. The highest BCUT2D eigenvalue weighted by Crippen LogP contribution is 2.24. The molecule has 64 valence electrons. The van der Waals surface area contributed by atoms with E-state index < -0.39 is 0 Å². The molecule has 11 heavy (non-hydrogen) atoms. The van der Waals surface area contributed by atoms with Crippen LogP contribution in [0.1, 0.15) is 19.3 Å². The molecule has 0 bridgehead atoms. The van der Waals surface area contributed by atoms with Crippen LogP contribution in [0.5, 0.6) is 0 Å². The molecular weight excluding hydrogens is 154 g/mol. The second-order valence-electron chi connectivity index (χ2n) is 3.91. The summed E-state index contributed by atoms with van der Waals surface area (Å²) in [6.45, 7) is 5.90. The first-order valence-corrected chi connectivity index (χ1v) is 6.00. The summed E-state index contributed by atoms with van der Waals surface area (Å²) >= 11 is 2.15. The van der Waals surface area contributed by atoms with Gasteiger partial charge in [-0.1, -0.05) is 0 Å². The van der Waals surface area contributed by atoms with Crippen molar-refractivity contribution in [1.82, 2.24) is 0 Å². The number of nitrogens with zero attached hydrogens (tertiary/aromatic N) is 1. The molecule has 0 atom stereocenters. The van der Waals surface area contributed by atoms with E-state index in [9.17, 15) is 0 Å². The third-order valence-electron chi connectivity index (χ3n) is 3.18. The lowest BCUT2D eigenvalue weighted by Gasteiger charge is -2.43. The summed E-state index contributed by atoms with van der Waals surface area (Å²) in [6.07, 6.45) is 4.47. The quantitative estimate of drug-likeness (QED) is 0.502. The highest BCUT2D eigenvalue weighted by Gasteiger charge is 2.31. The van der Waals surface area contributed by atoms with Crippen LogP contribution in [-0.4, -0.2) is 42.2 Å². The fourth-order valence-electron chi connectivity index (χ4n) is 2.36. The molecule has 2 aliphatic rings. The number of quaternary nitrogens is 1. The molecule has 2 heteroatoms. The second-order valence-corrected chi connectivity index (χ2v) is 5.13. The third kappa shape index (κ3) is 1.73. The van der Waals surface area contributed by atoms with E-state index in [1.807, 2.05) is 0 Å². The predicted octanol–water partition coefficient (Wildman–Crippen LogP) is 1.73. The number of hydrogen-bond acceptors (Lipinski definition) is 1. The zero-order chi connectivity index (χ0) is 7.57. The Bertz CT molecular complexity index is 104. The van der Waals surface area contributed by atoms with Crippen molar-refractivity contribution in [3.05, 3.63) is 0 Å². The zero-order valence-corrected chi connectivity index (χ0v) is 8.04. The van der Waals surface area contributed by atoms with Crippen molar-refractivity contribution in [3.8, 4) is 0 Å². The molecular formula is C9H18NS+. The fraction of sp³-hybridized carbons (Fsp3) is 1.00. The highest BCUT2D eigenvalue weighted by atomic mass is 32.2. The van der Waals surface area contributed by atoms with E-state index in [-0.39, 0.29) is 0 Å². The van der Waals surface area contributed by atoms with Crippen LogP contribution in [0.15, 0.2) is 0 Å². The summed E-state index contributed by atoms with van der Waals surface area (Å²) in [5, 5.41) is 0. The van der Waals surface area contributed by atoms with E-state index in [0.717, 1.165) is 0 Å². The molecule has 0 N–H and O–H groups in total. The molecule has 2 aliphatic heterocycles. The molecule has 0 aromatic rings. The van der Waals surface area contributed by atoms with Gasteiger partial charge in [0.2, 0.25) is 0 Å². The average molecular weight is 172 g/mol. The van der Waals surface area contributed by atoms with Crippen LogP contribution in [0.4, 0.5) is 0 Å². The first-order chi connectivity index (χ1) is 5.41. The maximum Gasteiger partial charge on any atom is 0.0878 e. The van der Waals surface area contributed by atoms with Crippen LogP contribution in [0, 0.1) is 0 Å². The maximum atomic E-state index is 2.15. The molecule has 1 nitrogen and oxygen atoms in total. The van der Waals surface area contributed by atoms with Gasteiger partial charge in [0, 0.05) is 11.5 Å². The summed E-state index contributed by atoms with van der Waals surface area (Å²) in [5.41, 5.74) is 0. The molecule has 0 radical (unpaired) electrons. The fourth-order valence-corrected chi connectivity index (χ4v) is 3.60. The molecule has 2 heterocycles. The van der Waals surface area contributed by atoms with Gasteiger partial charge < -0.3 is 4.48 Å². The third-order valence-corrected chi connectivity index (χ3v) is 4.13. The Hall–Kier alpha value is 0.310. The minimum atomic E-state index is 1.42. The van der Waals surface area contributed by atoms with Crippen molar-refractivity contribution in [1.29, 1.82) is 0 Å². The van der Waals surface area contributed by atoms with Gasteiger partial charge in [0.05, 0.1) is 26.2 Å². The van der Waals surface area contributed by atoms with Crippen molar-refractivity contribution in [2.24, 2.45) is 0 Å². The summed E-state index contributed by atoms with van der Waals surface area (Å²) in [7, 11) is 0. The predicted molar refractivity (Wildman–Crippen MR) is 50.9 cm³/mol. The Morgan fingerprint density at radius 1 is 0.727 bits per heavy atom. The van der Waals surface area contributed by atoms with Gasteiger partial charge in [-0.3, -0.25) is 0 Å². The van der Waals surface area contributed by atoms with E-state index in [1.54, 1.807) is 0 Å². The van der Waals surface area contributed by atoms with E-state index in [1.165, 1.54) is 61.4 Å².